The van der Waals surface area contributed by atoms with E-state index in [-0.39, 0.29) is 24.0 Å². The maximum absolute atomic E-state index is 14.4. The number of amides is 5. The van der Waals surface area contributed by atoms with Gasteiger partial charge in [-0.05, 0) is 106 Å². The Hall–Kier alpha value is -4.41. The van der Waals surface area contributed by atoms with Gasteiger partial charge in [-0.1, -0.05) is 18.2 Å². The van der Waals surface area contributed by atoms with Crippen molar-refractivity contribution in [2.45, 2.75) is 56.2 Å². The van der Waals surface area contributed by atoms with Crippen LogP contribution in [0.15, 0.2) is 69.9 Å². The summed E-state index contributed by atoms with van der Waals surface area (Å²) in [5.74, 6) is -0.320. The van der Waals surface area contributed by atoms with E-state index in [0.717, 1.165) is 37.2 Å². The number of piperidine rings is 2. The van der Waals surface area contributed by atoms with Crippen LogP contribution in [0.3, 0.4) is 0 Å². The van der Waals surface area contributed by atoms with Crippen LogP contribution < -0.4 is 26.2 Å². The first-order valence-electron chi connectivity index (χ1n) is 18.9. The molecule has 4 aliphatic heterocycles. The fourth-order valence-electron chi connectivity index (χ4n) is 8.13. The van der Waals surface area contributed by atoms with Crippen molar-refractivity contribution >= 4 is 67.2 Å². The SMILES string of the molecule is O=C1Nc2ccccc2C2(CCN(C(=O)N[C@H](Cc3cc(Br)c(O)c(Br)c3)C(=O)N[C@@H](CC3CCNCC3)C(=O)N3CCN(c4ccncc4)CC3)CC2)O1. The molecule has 1 aromatic heterocycles. The Bertz CT molecular complexity index is 1860. The monoisotopic (exact) mass is 880 g/mol. The topological polar surface area (TPSA) is 168 Å². The molecule has 5 amide bonds. The Balaban J connectivity index is 1.08. The van der Waals surface area contributed by atoms with Gasteiger partial charge in [-0.2, -0.15) is 0 Å². The summed E-state index contributed by atoms with van der Waals surface area (Å²) in [6.07, 6.45) is 6.17. The maximum Gasteiger partial charge on any atom is 0.412 e. The number of para-hydroxylation sites is 1. The largest absolute Gasteiger partial charge is 0.506 e. The second-order valence-electron chi connectivity index (χ2n) is 14.7. The van der Waals surface area contributed by atoms with Gasteiger partial charge in [-0.15, -0.1) is 0 Å². The minimum Gasteiger partial charge on any atom is -0.506 e. The van der Waals surface area contributed by atoms with Crippen LogP contribution in [0.25, 0.3) is 0 Å². The Labute approximate surface area is 337 Å². The Morgan fingerprint density at radius 2 is 1.58 bits per heavy atom. The summed E-state index contributed by atoms with van der Waals surface area (Å²) in [5, 5.41) is 22.6. The molecule has 55 heavy (non-hydrogen) atoms. The van der Waals surface area contributed by atoms with E-state index >= 15 is 0 Å². The number of aromatic hydroxyl groups is 1. The number of nitrogens with one attached hydrogen (secondary N) is 4. The molecule has 4 aliphatic rings. The molecule has 2 atom stereocenters. The van der Waals surface area contributed by atoms with Crippen molar-refractivity contribution in [2.24, 2.45) is 5.92 Å². The minimum atomic E-state index is -1.05. The van der Waals surface area contributed by atoms with Crippen LogP contribution >= 0.6 is 31.9 Å². The van der Waals surface area contributed by atoms with E-state index in [4.69, 9.17) is 4.74 Å². The Kier molecular flexibility index (Phi) is 12.1. The molecular weight excluding hydrogens is 836 g/mol. The number of urea groups is 1. The van der Waals surface area contributed by atoms with Crippen LogP contribution in [-0.4, -0.2) is 108 Å². The molecule has 2 aromatic carbocycles. The smallest absolute Gasteiger partial charge is 0.412 e. The maximum atomic E-state index is 14.4. The van der Waals surface area contributed by atoms with E-state index in [1.165, 1.54) is 0 Å². The summed E-state index contributed by atoms with van der Waals surface area (Å²) in [6.45, 7) is 4.64. The normalized spacial score (nSPS) is 19.5. The lowest BCUT2D eigenvalue weighted by Crippen LogP contribution is -2.59. The molecule has 0 saturated carbocycles. The number of carbonyl (C=O) groups is 4. The summed E-state index contributed by atoms with van der Waals surface area (Å²) in [7, 11) is 0. The average molecular weight is 883 g/mol. The molecule has 16 heteroatoms. The number of hydrogen-bond donors (Lipinski definition) is 5. The third-order valence-corrected chi connectivity index (χ3v) is 12.4. The van der Waals surface area contributed by atoms with Crippen LogP contribution in [-0.2, 0) is 26.3 Å². The van der Waals surface area contributed by atoms with E-state index in [2.05, 4.69) is 63.0 Å². The predicted molar refractivity (Wildman–Crippen MR) is 214 cm³/mol. The van der Waals surface area contributed by atoms with E-state index in [9.17, 15) is 24.3 Å². The summed E-state index contributed by atoms with van der Waals surface area (Å²) in [4.78, 5) is 65.0. The molecule has 0 aliphatic carbocycles. The zero-order valence-electron chi connectivity index (χ0n) is 30.4. The second kappa shape index (κ2) is 17.2. The predicted octanol–water partition coefficient (Wildman–Crippen LogP) is 4.71. The number of ether oxygens (including phenoxy) is 1. The summed E-state index contributed by atoms with van der Waals surface area (Å²) < 4.78 is 6.73. The lowest BCUT2D eigenvalue weighted by Gasteiger charge is -2.44. The number of pyridine rings is 1. The van der Waals surface area contributed by atoms with Crippen molar-refractivity contribution in [1.82, 2.24) is 30.7 Å². The van der Waals surface area contributed by atoms with Gasteiger partial charge in [0.05, 0.1) is 14.6 Å². The molecule has 0 unspecified atom stereocenters. The molecule has 7 rings (SSSR count). The Morgan fingerprint density at radius 1 is 0.909 bits per heavy atom. The van der Waals surface area contributed by atoms with Gasteiger partial charge in [0.1, 0.15) is 23.4 Å². The number of aromatic nitrogens is 1. The van der Waals surface area contributed by atoms with Gasteiger partial charge in [0.25, 0.3) is 0 Å². The molecule has 0 radical (unpaired) electrons. The Morgan fingerprint density at radius 3 is 2.27 bits per heavy atom. The standard InChI is InChI=1S/C39H46Br2N8O6/c40-29-21-26(22-30(41)34(29)50)24-32(45-37(53)49-15-9-39(10-16-49)28-3-1-2-4-31(28)46-38(54)55-39)35(51)44-33(23-25-5-11-42-12-6-25)36(52)48-19-17-47(18-20-48)27-7-13-43-14-8-27/h1-4,7-8,13-14,21-22,25,32-33,42,50H,5-6,9-12,15-20,23-24H2,(H,44,51)(H,45,53)(H,46,54)/t32-,33+/m1/s1. The fraction of sp³-hybridized carbons (Fsp3) is 0.462. The summed E-state index contributed by atoms with van der Waals surface area (Å²) in [5.41, 5.74) is 2.45. The third-order valence-electron chi connectivity index (χ3n) is 11.2. The first-order valence-corrected chi connectivity index (χ1v) is 20.4. The molecule has 3 saturated heterocycles. The van der Waals surface area contributed by atoms with Crippen molar-refractivity contribution in [2.75, 3.05) is 62.6 Å². The number of nitrogens with zero attached hydrogens (tertiary/aromatic N) is 4. The van der Waals surface area contributed by atoms with Crippen molar-refractivity contribution in [3.8, 4) is 5.75 Å². The number of fused-ring (bicyclic) bond motifs is 2. The number of phenolic OH excluding ortho intramolecular Hbond substituents is 1. The van der Waals surface area contributed by atoms with Crippen molar-refractivity contribution < 1.29 is 29.0 Å². The first kappa shape index (κ1) is 38.8. The number of benzene rings is 2. The van der Waals surface area contributed by atoms with Crippen molar-refractivity contribution in [3.05, 3.63) is 81.0 Å². The number of anilines is 2. The third kappa shape index (κ3) is 9.02. The van der Waals surface area contributed by atoms with Gasteiger partial charge in [0.15, 0.2) is 0 Å². The number of halogens is 2. The number of likely N-dealkylation sites (tertiary alicyclic amines) is 1. The summed E-state index contributed by atoms with van der Waals surface area (Å²) >= 11 is 6.77. The number of hydrogen-bond acceptors (Lipinski definition) is 9. The van der Waals surface area contributed by atoms with E-state index in [0.29, 0.717) is 78.7 Å². The van der Waals surface area contributed by atoms with E-state index in [1.54, 1.807) is 29.4 Å². The molecule has 0 bridgehead atoms. The molecular formula is C39H46Br2N8O6. The quantitative estimate of drug-likeness (QED) is 0.205. The van der Waals surface area contributed by atoms with E-state index in [1.807, 2.05) is 41.3 Å². The van der Waals surface area contributed by atoms with Gasteiger partial charge in [0, 0.05) is 82.2 Å². The zero-order chi connectivity index (χ0) is 38.5. The van der Waals surface area contributed by atoms with Crippen molar-refractivity contribution in [1.29, 1.82) is 0 Å². The van der Waals surface area contributed by atoms with Gasteiger partial charge >= 0.3 is 12.1 Å². The molecule has 1 spiro atoms. The van der Waals surface area contributed by atoms with Crippen LogP contribution in [0.2, 0.25) is 0 Å². The van der Waals surface area contributed by atoms with Gasteiger partial charge in [0.2, 0.25) is 11.8 Å². The second-order valence-corrected chi connectivity index (χ2v) is 16.4. The average Bonchev–Trinajstić information content (AvgIpc) is 3.20. The number of phenols is 1. The summed E-state index contributed by atoms with van der Waals surface area (Å²) in [6, 6.07) is 12.6. The highest BCUT2D eigenvalue weighted by atomic mass is 79.9. The fourth-order valence-corrected chi connectivity index (χ4v) is 9.41. The molecule has 5 heterocycles. The number of piperazine rings is 1. The molecule has 5 N–H and O–H groups in total. The first-order chi connectivity index (χ1) is 26.6. The lowest BCUT2D eigenvalue weighted by molar-refractivity contribution is -0.137. The number of carbonyl (C=O) groups excluding carboxylic acids is 4. The molecule has 3 aromatic rings. The van der Waals surface area contributed by atoms with Gasteiger partial charge in [-0.25, -0.2) is 9.59 Å². The number of rotatable bonds is 9. The highest BCUT2D eigenvalue weighted by Gasteiger charge is 2.45. The lowest BCUT2D eigenvalue weighted by atomic mass is 9.82. The van der Waals surface area contributed by atoms with Crippen LogP contribution in [0.5, 0.6) is 5.75 Å². The molecule has 3 fully saturated rings. The zero-order valence-corrected chi connectivity index (χ0v) is 33.6. The molecule has 292 valence electrons. The van der Waals surface area contributed by atoms with Crippen LogP contribution in [0.4, 0.5) is 21.0 Å². The highest BCUT2D eigenvalue weighted by Crippen LogP contribution is 2.43. The van der Waals surface area contributed by atoms with Crippen LogP contribution in [0, 0.1) is 5.92 Å². The van der Waals surface area contributed by atoms with Gasteiger partial charge in [-0.3, -0.25) is 19.9 Å². The van der Waals surface area contributed by atoms with Gasteiger partial charge < -0.3 is 40.5 Å². The van der Waals surface area contributed by atoms with Crippen molar-refractivity contribution in [3.63, 3.8) is 0 Å². The van der Waals surface area contributed by atoms with Crippen LogP contribution in [0.1, 0.15) is 43.2 Å². The molecule has 14 nitrogen and oxygen atoms in total. The minimum absolute atomic E-state index is 0.0212. The van der Waals surface area contributed by atoms with E-state index < -0.39 is 35.7 Å². The highest BCUT2D eigenvalue weighted by molar-refractivity contribution is 9.11.